The quantitative estimate of drug-likeness (QED) is 0.517. The average Bonchev–Trinajstić information content (AvgIpc) is 3.25. The Morgan fingerprint density at radius 2 is 2.00 bits per heavy atom. The highest BCUT2D eigenvalue weighted by Crippen LogP contribution is 2.34. The summed E-state index contributed by atoms with van der Waals surface area (Å²) >= 11 is 1.48. The number of rotatable bonds is 7. The molecule has 1 aromatic heterocycles. The molecule has 0 N–H and O–H groups in total. The number of carbonyl (C=O) groups excluding carboxylic acids is 1. The normalized spacial score (nSPS) is 13.9. The third kappa shape index (κ3) is 5.37. The van der Waals surface area contributed by atoms with Crippen molar-refractivity contribution in [3.8, 4) is 11.8 Å². The van der Waals surface area contributed by atoms with Gasteiger partial charge in [-0.05, 0) is 43.3 Å². The molecule has 0 atom stereocenters. The lowest BCUT2D eigenvalue weighted by atomic mass is 10.1. The number of halogens is 1. The average molecular weight is 473 g/mol. The topological polar surface area (TPSA) is 78.7 Å². The lowest BCUT2D eigenvalue weighted by Crippen LogP contribution is -2.43. The van der Waals surface area contributed by atoms with Gasteiger partial charge in [-0.25, -0.2) is 4.98 Å². The first-order valence-electron chi connectivity index (χ1n) is 10.3. The number of nitrogens with zero attached hydrogens (tertiary/aromatic N) is 4. The third-order valence-corrected chi connectivity index (χ3v) is 6.19. The fourth-order valence-corrected chi connectivity index (χ4v) is 4.50. The number of nitriles is 1. The molecule has 1 aliphatic heterocycles. The number of ether oxygens (including phenoxy) is 2. The molecule has 9 heteroatoms. The number of anilines is 1. The van der Waals surface area contributed by atoms with E-state index in [2.05, 4.69) is 11.0 Å². The summed E-state index contributed by atoms with van der Waals surface area (Å²) in [6.45, 7) is 6.87. The molecule has 3 aromatic rings. The van der Waals surface area contributed by atoms with E-state index >= 15 is 0 Å². The van der Waals surface area contributed by atoms with Crippen LogP contribution in [0.3, 0.4) is 0 Å². The molecule has 32 heavy (non-hydrogen) atoms. The zero-order valence-corrected chi connectivity index (χ0v) is 19.5. The molecule has 4 rings (SSSR count). The predicted octanol–water partition coefficient (Wildman–Crippen LogP) is 3.97. The number of aromatic nitrogens is 1. The van der Waals surface area contributed by atoms with Crippen molar-refractivity contribution in [2.45, 2.75) is 6.92 Å². The van der Waals surface area contributed by atoms with Crippen LogP contribution in [0.4, 0.5) is 5.13 Å². The molecule has 168 valence electrons. The van der Waals surface area contributed by atoms with Crippen LogP contribution in [-0.4, -0.2) is 61.8 Å². The van der Waals surface area contributed by atoms with E-state index < -0.39 is 0 Å². The fourth-order valence-electron chi connectivity index (χ4n) is 3.49. The van der Waals surface area contributed by atoms with Crippen LogP contribution in [0.25, 0.3) is 10.2 Å². The Morgan fingerprint density at radius 3 is 2.69 bits per heavy atom. The lowest BCUT2D eigenvalue weighted by molar-refractivity contribution is 0.0391. The minimum atomic E-state index is -0.130. The van der Waals surface area contributed by atoms with Crippen LogP contribution in [0.1, 0.15) is 22.8 Å². The number of para-hydroxylation sites is 1. The van der Waals surface area contributed by atoms with E-state index in [1.165, 1.54) is 11.3 Å². The van der Waals surface area contributed by atoms with Crippen LogP contribution in [-0.2, 0) is 4.74 Å². The molecule has 2 aromatic carbocycles. The molecule has 0 saturated carbocycles. The molecule has 0 radical (unpaired) electrons. The van der Waals surface area contributed by atoms with Gasteiger partial charge in [0.2, 0.25) is 0 Å². The number of amides is 1. The largest absolute Gasteiger partial charge is 0.492 e. The highest BCUT2D eigenvalue weighted by Gasteiger charge is 2.23. The van der Waals surface area contributed by atoms with E-state index in [9.17, 15) is 4.79 Å². The first kappa shape index (κ1) is 24.0. The van der Waals surface area contributed by atoms with E-state index in [1.54, 1.807) is 29.2 Å². The van der Waals surface area contributed by atoms with E-state index in [4.69, 9.17) is 19.7 Å². The minimum Gasteiger partial charge on any atom is -0.492 e. The third-order valence-electron chi connectivity index (χ3n) is 5.15. The summed E-state index contributed by atoms with van der Waals surface area (Å²) in [5, 5.41) is 9.70. The van der Waals surface area contributed by atoms with Crippen LogP contribution in [0.2, 0.25) is 0 Å². The molecule has 2 heterocycles. The fraction of sp³-hybridized carbons (Fsp3) is 0.348. The van der Waals surface area contributed by atoms with Gasteiger partial charge < -0.3 is 9.47 Å². The first-order valence-corrected chi connectivity index (χ1v) is 11.2. The van der Waals surface area contributed by atoms with Gasteiger partial charge in [0.05, 0.1) is 36.2 Å². The van der Waals surface area contributed by atoms with Crippen molar-refractivity contribution in [2.75, 3.05) is 50.9 Å². The zero-order valence-electron chi connectivity index (χ0n) is 17.8. The number of fused-ring (bicyclic) bond motifs is 1. The van der Waals surface area contributed by atoms with Gasteiger partial charge >= 0.3 is 0 Å². The highest BCUT2D eigenvalue weighted by atomic mass is 35.5. The summed E-state index contributed by atoms with van der Waals surface area (Å²) in [6.07, 6.45) is 0. The maximum Gasteiger partial charge on any atom is 0.260 e. The first-order chi connectivity index (χ1) is 15.2. The number of thiazole rings is 1. The van der Waals surface area contributed by atoms with E-state index in [1.807, 2.05) is 25.1 Å². The van der Waals surface area contributed by atoms with Crippen LogP contribution >= 0.6 is 23.7 Å². The molecule has 1 fully saturated rings. The summed E-state index contributed by atoms with van der Waals surface area (Å²) in [6, 6.07) is 14.6. The van der Waals surface area contributed by atoms with Crippen molar-refractivity contribution in [1.29, 1.82) is 5.26 Å². The van der Waals surface area contributed by atoms with Crippen LogP contribution in [0, 0.1) is 11.3 Å². The second kappa shape index (κ2) is 11.2. The predicted molar refractivity (Wildman–Crippen MR) is 128 cm³/mol. The Labute approximate surface area is 197 Å². The summed E-state index contributed by atoms with van der Waals surface area (Å²) in [5.41, 5.74) is 1.83. The van der Waals surface area contributed by atoms with Gasteiger partial charge in [0, 0.05) is 31.7 Å². The smallest absolute Gasteiger partial charge is 0.260 e. The lowest BCUT2D eigenvalue weighted by Gasteiger charge is -2.29. The van der Waals surface area contributed by atoms with Crippen molar-refractivity contribution in [3.05, 3.63) is 53.6 Å². The van der Waals surface area contributed by atoms with Crippen molar-refractivity contribution >= 4 is 45.0 Å². The van der Waals surface area contributed by atoms with Crippen LogP contribution < -0.4 is 9.64 Å². The van der Waals surface area contributed by atoms with Crippen LogP contribution in [0.5, 0.6) is 5.75 Å². The van der Waals surface area contributed by atoms with Gasteiger partial charge in [0.25, 0.3) is 5.91 Å². The maximum atomic E-state index is 13.4. The molecule has 0 unspecified atom stereocenters. The highest BCUT2D eigenvalue weighted by molar-refractivity contribution is 7.22. The van der Waals surface area contributed by atoms with Gasteiger partial charge in [-0.2, -0.15) is 5.26 Å². The molecule has 1 amide bonds. The van der Waals surface area contributed by atoms with Gasteiger partial charge in [-0.15, -0.1) is 12.4 Å². The van der Waals surface area contributed by atoms with Gasteiger partial charge in [0.1, 0.15) is 11.3 Å². The second-order valence-electron chi connectivity index (χ2n) is 7.13. The monoisotopic (exact) mass is 472 g/mol. The van der Waals surface area contributed by atoms with Crippen molar-refractivity contribution in [1.82, 2.24) is 9.88 Å². The van der Waals surface area contributed by atoms with E-state index in [0.717, 1.165) is 35.6 Å². The Morgan fingerprint density at radius 1 is 1.25 bits per heavy atom. The standard InChI is InChI=1S/C23H24N4O3S.ClH/c1-2-30-19-4-3-5-20-21(19)25-23(31-20)27(11-10-26-12-14-29-15-13-26)22(28)18-8-6-17(16-24)7-9-18;/h3-9H,2,10-15H2,1H3;1H. The van der Waals surface area contributed by atoms with Crippen molar-refractivity contribution in [2.24, 2.45) is 0 Å². The molecular formula is C23H25ClN4O3S. The Kier molecular flexibility index (Phi) is 8.42. The number of carbonyl (C=O) groups is 1. The second-order valence-corrected chi connectivity index (χ2v) is 8.14. The number of benzene rings is 2. The number of morpholine rings is 1. The minimum absolute atomic E-state index is 0. The molecule has 0 bridgehead atoms. The maximum absolute atomic E-state index is 13.4. The number of hydrogen-bond donors (Lipinski definition) is 0. The number of hydrogen-bond acceptors (Lipinski definition) is 7. The van der Waals surface area contributed by atoms with Gasteiger partial charge in [0.15, 0.2) is 5.13 Å². The zero-order chi connectivity index (χ0) is 21.6. The molecule has 0 spiro atoms. The van der Waals surface area contributed by atoms with E-state index in [0.29, 0.717) is 42.6 Å². The van der Waals surface area contributed by atoms with Crippen LogP contribution in [0.15, 0.2) is 42.5 Å². The summed E-state index contributed by atoms with van der Waals surface area (Å²) in [5.74, 6) is 0.594. The molecule has 7 nitrogen and oxygen atoms in total. The summed E-state index contributed by atoms with van der Waals surface area (Å²) < 4.78 is 12.1. The molecule has 1 saturated heterocycles. The molecule has 1 aliphatic rings. The van der Waals surface area contributed by atoms with E-state index in [-0.39, 0.29) is 18.3 Å². The Balaban J connectivity index is 0.00000289. The molecule has 0 aliphatic carbocycles. The van der Waals surface area contributed by atoms with Gasteiger partial charge in [-0.3, -0.25) is 14.6 Å². The molecular weight excluding hydrogens is 448 g/mol. The van der Waals surface area contributed by atoms with Crippen molar-refractivity contribution in [3.63, 3.8) is 0 Å². The Hall–Kier alpha value is -2.70. The SMILES string of the molecule is CCOc1cccc2sc(N(CCN3CCOCC3)C(=O)c3ccc(C#N)cc3)nc12.Cl. The van der Waals surface area contributed by atoms with Crippen molar-refractivity contribution < 1.29 is 14.3 Å². The summed E-state index contributed by atoms with van der Waals surface area (Å²) in [4.78, 5) is 22.2. The van der Waals surface area contributed by atoms with Gasteiger partial charge in [-0.1, -0.05) is 17.4 Å². The Bertz CT molecular complexity index is 1090. The summed E-state index contributed by atoms with van der Waals surface area (Å²) in [7, 11) is 0.